The molecule has 14 heavy (non-hydrogen) atoms. The molecule has 0 aromatic carbocycles. The number of hydrogen-bond acceptors (Lipinski definition) is 2. The predicted molar refractivity (Wildman–Crippen MR) is 58.5 cm³/mol. The second-order valence-electron chi connectivity index (χ2n) is 3.70. The number of rotatable bonds is 9. The first-order valence-electron chi connectivity index (χ1n) is 5.65. The van der Waals surface area contributed by atoms with Crippen LogP contribution in [0.1, 0.15) is 52.4 Å². The normalized spacial score (nSPS) is 12.7. The highest BCUT2D eigenvalue weighted by atomic mass is 16.4. The van der Waals surface area contributed by atoms with Crippen LogP contribution in [-0.2, 0) is 4.79 Å². The van der Waals surface area contributed by atoms with Gasteiger partial charge in [-0.3, -0.25) is 4.79 Å². The van der Waals surface area contributed by atoms with Crippen molar-refractivity contribution in [2.24, 2.45) is 0 Å². The van der Waals surface area contributed by atoms with E-state index in [1.165, 1.54) is 12.8 Å². The third-order valence-corrected chi connectivity index (χ3v) is 2.38. The largest absolute Gasteiger partial charge is 0.481 e. The van der Waals surface area contributed by atoms with Gasteiger partial charge in [0.1, 0.15) is 0 Å². The Bertz CT molecular complexity index is 148. The van der Waals surface area contributed by atoms with Crippen LogP contribution < -0.4 is 5.32 Å². The van der Waals surface area contributed by atoms with Crippen molar-refractivity contribution in [3.63, 3.8) is 0 Å². The summed E-state index contributed by atoms with van der Waals surface area (Å²) in [5.74, 6) is -0.689. The molecule has 2 N–H and O–H groups in total. The van der Waals surface area contributed by atoms with Crippen molar-refractivity contribution in [1.82, 2.24) is 5.32 Å². The molecule has 0 aliphatic carbocycles. The topological polar surface area (TPSA) is 49.3 Å². The number of nitrogens with one attached hydrogen (secondary N) is 1. The summed E-state index contributed by atoms with van der Waals surface area (Å²) in [6, 6.07) is 0.616. The van der Waals surface area contributed by atoms with Gasteiger partial charge in [0.25, 0.3) is 0 Å². The zero-order valence-electron chi connectivity index (χ0n) is 9.38. The summed E-state index contributed by atoms with van der Waals surface area (Å²) in [6.45, 7) is 5.32. The maximum absolute atomic E-state index is 10.2. The van der Waals surface area contributed by atoms with Gasteiger partial charge in [-0.1, -0.05) is 20.3 Å². The van der Waals surface area contributed by atoms with Crippen molar-refractivity contribution in [3.8, 4) is 0 Å². The summed E-state index contributed by atoms with van der Waals surface area (Å²) in [4.78, 5) is 10.2. The summed E-state index contributed by atoms with van der Waals surface area (Å²) in [5.41, 5.74) is 0. The smallest absolute Gasteiger partial charge is 0.303 e. The third-order valence-electron chi connectivity index (χ3n) is 2.38. The van der Waals surface area contributed by atoms with Crippen LogP contribution in [0, 0.1) is 0 Å². The molecule has 0 radical (unpaired) electrons. The van der Waals surface area contributed by atoms with Crippen molar-refractivity contribution >= 4 is 5.97 Å². The molecular weight excluding hydrogens is 178 g/mol. The van der Waals surface area contributed by atoms with Crippen LogP contribution in [0.4, 0.5) is 0 Å². The Morgan fingerprint density at radius 2 is 2.07 bits per heavy atom. The molecule has 0 saturated carbocycles. The van der Waals surface area contributed by atoms with Gasteiger partial charge in [-0.15, -0.1) is 0 Å². The molecule has 0 aliphatic heterocycles. The fourth-order valence-electron chi connectivity index (χ4n) is 1.51. The van der Waals surface area contributed by atoms with E-state index in [1.807, 2.05) is 0 Å². The van der Waals surface area contributed by atoms with Gasteiger partial charge in [0, 0.05) is 12.5 Å². The molecule has 3 nitrogen and oxygen atoms in total. The Balaban J connectivity index is 3.28. The van der Waals surface area contributed by atoms with Crippen LogP contribution in [0.15, 0.2) is 0 Å². The molecule has 0 bridgehead atoms. The molecule has 0 fully saturated rings. The third kappa shape index (κ3) is 8.05. The Hall–Kier alpha value is -0.570. The molecule has 0 aromatic rings. The quantitative estimate of drug-likeness (QED) is 0.563. The second kappa shape index (κ2) is 9.00. The van der Waals surface area contributed by atoms with Gasteiger partial charge < -0.3 is 10.4 Å². The van der Waals surface area contributed by atoms with Gasteiger partial charge in [0.15, 0.2) is 0 Å². The lowest BCUT2D eigenvalue weighted by molar-refractivity contribution is -0.137. The lowest BCUT2D eigenvalue weighted by Gasteiger charge is -2.15. The van der Waals surface area contributed by atoms with Gasteiger partial charge >= 0.3 is 5.97 Å². The lowest BCUT2D eigenvalue weighted by atomic mass is 10.1. The van der Waals surface area contributed by atoms with Crippen molar-refractivity contribution in [1.29, 1.82) is 0 Å². The van der Waals surface area contributed by atoms with Crippen LogP contribution in [0.2, 0.25) is 0 Å². The summed E-state index contributed by atoms with van der Waals surface area (Å²) in [6.07, 6.45) is 5.63. The maximum Gasteiger partial charge on any atom is 0.303 e. The van der Waals surface area contributed by atoms with Gasteiger partial charge in [0.2, 0.25) is 0 Å². The van der Waals surface area contributed by atoms with Crippen molar-refractivity contribution in [2.75, 3.05) is 6.54 Å². The molecule has 0 saturated heterocycles. The summed E-state index contributed by atoms with van der Waals surface area (Å²) in [5, 5.41) is 11.9. The molecule has 0 rings (SSSR count). The van der Waals surface area contributed by atoms with Gasteiger partial charge in [0.05, 0.1) is 0 Å². The molecular formula is C11H23NO2. The van der Waals surface area contributed by atoms with Crippen LogP contribution >= 0.6 is 0 Å². The highest BCUT2D eigenvalue weighted by molar-refractivity contribution is 5.66. The zero-order valence-corrected chi connectivity index (χ0v) is 9.38. The zero-order chi connectivity index (χ0) is 10.8. The van der Waals surface area contributed by atoms with Crippen LogP contribution in [-0.4, -0.2) is 23.7 Å². The van der Waals surface area contributed by atoms with Gasteiger partial charge in [-0.05, 0) is 32.2 Å². The summed E-state index contributed by atoms with van der Waals surface area (Å²) < 4.78 is 0. The van der Waals surface area contributed by atoms with E-state index >= 15 is 0 Å². The first kappa shape index (κ1) is 13.4. The van der Waals surface area contributed by atoms with E-state index in [0.29, 0.717) is 12.5 Å². The molecule has 0 aliphatic rings. The first-order chi connectivity index (χ1) is 6.70. The Kier molecular flexibility index (Phi) is 8.64. The molecule has 0 spiro atoms. The molecule has 84 valence electrons. The first-order valence-corrected chi connectivity index (χ1v) is 5.65. The van der Waals surface area contributed by atoms with Crippen molar-refractivity contribution < 1.29 is 9.90 Å². The maximum atomic E-state index is 10.2. The SMILES string of the molecule is CCCC(CC)NCCCCC(=O)O. The number of carbonyl (C=O) groups is 1. The highest BCUT2D eigenvalue weighted by Crippen LogP contribution is 2.01. The predicted octanol–water partition coefficient (Wildman–Crippen LogP) is 2.41. The minimum atomic E-state index is -0.689. The number of carboxylic acids is 1. The van der Waals surface area contributed by atoms with E-state index in [0.717, 1.165) is 25.8 Å². The molecule has 1 atom stereocenters. The van der Waals surface area contributed by atoms with Crippen LogP contribution in [0.3, 0.4) is 0 Å². The van der Waals surface area contributed by atoms with E-state index in [4.69, 9.17) is 5.11 Å². The Morgan fingerprint density at radius 3 is 2.57 bits per heavy atom. The average molecular weight is 201 g/mol. The molecule has 0 heterocycles. The molecule has 0 amide bonds. The fraction of sp³-hybridized carbons (Fsp3) is 0.909. The summed E-state index contributed by atoms with van der Waals surface area (Å²) in [7, 11) is 0. The van der Waals surface area contributed by atoms with E-state index < -0.39 is 5.97 Å². The standard InChI is InChI=1S/C11H23NO2/c1-3-7-10(4-2)12-9-6-5-8-11(13)14/h10,12H,3-9H2,1-2H3,(H,13,14). The Morgan fingerprint density at radius 1 is 1.36 bits per heavy atom. The summed E-state index contributed by atoms with van der Waals surface area (Å²) >= 11 is 0. The van der Waals surface area contributed by atoms with Crippen molar-refractivity contribution in [2.45, 2.75) is 58.4 Å². The van der Waals surface area contributed by atoms with Crippen LogP contribution in [0.5, 0.6) is 0 Å². The number of hydrogen-bond donors (Lipinski definition) is 2. The van der Waals surface area contributed by atoms with Crippen LogP contribution in [0.25, 0.3) is 0 Å². The monoisotopic (exact) mass is 201 g/mol. The number of aliphatic carboxylic acids is 1. The second-order valence-corrected chi connectivity index (χ2v) is 3.70. The molecule has 0 aromatic heterocycles. The number of carboxylic acid groups (broad SMARTS) is 1. The highest BCUT2D eigenvalue weighted by Gasteiger charge is 2.03. The molecule has 1 unspecified atom stereocenters. The average Bonchev–Trinajstić information content (AvgIpc) is 2.15. The van der Waals surface area contributed by atoms with Gasteiger partial charge in [-0.25, -0.2) is 0 Å². The minimum absolute atomic E-state index is 0.298. The van der Waals surface area contributed by atoms with E-state index in [1.54, 1.807) is 0 Å². The van der Waals surface area contributed by atoms with E-state index in [-0.39, 0.29) is 0 Å². The fourth-order valence-corrected chi connectivity index (χ4v) is 1.51. The molecule has 3 heteroatoms. The Labute approximate surface area is 86.9 Å². The van der Waals surface area contributed by atoms with E-state index in [2.05, 4.69) is 19.2 Å². The van der Waals surface area contributed by atoms with E-state index in [9.17, 15) is 4.79 Å². The minimum Gasteiger partial charge on any atom is -0.481 e. The van der Waals surface area contributed by atoms with Gasteiger partial charge in [-0.2, -0.15) is 0 Å². The van der Waals surface area contributed by atoms with Crippen molar-refractivity contribution in [3.05, 3.63) is 0 Å². The lowest BCUT2D eigenvalue weighted by Crippen LogP contribution is -2.29. The number of unbranched alkanes of at least 4 members (excludes halogenated alkanes) is 1.